The lowest BCUT2D eigenvalue weighted by Gasteiger charge is -2.31. The van der Waals surface area contributed by atoms with Gasteiger partial charge in [0.1, 0.15) is 0 Å². The second-order valence-electron chi connectivity index (χ2n) is 7.14. The molecule has 0 heterocycles. The zero-order valence-electron chi connectivity index (χ0n) is 13.2. The average Bonchev–Trinajstić information content (AvgIpc) is 2.54. The van der Waals surface area contributed by atoms with Crippen molar-refractivity contribution in [3.8, 4) is 0 Å². The number of rotatable bonds is 3. The molecule has 0 saturated heterocycles. The van der Waals surface area contributed by atoms with Crippen molar-refractivity contribution >= 4 is 5.97 Å². The van der Waals surface area contributed by atoms with Crippen LogP contribution >= 0.6 is 0 Å². The van der Waals surface area contributed by atoms with Crippen molar-refractivity contribution in [1.82, 2.24) is 0 Å². The van der Waals surface area contributed by atoms with Gasteiger partial charge < -0.3 is 9.84 Å². The Morgan fingerprint density at radius 1 is 1.11 bits per heavy atom. The maximum atomic E-state index is 11.9. The van der Waals surface area contributed by atoms with E-state index in [1.165, 1.54) is 6.42 Å². The van der Waals surface area contributed by atoms with E-state index in [-0.39, 0.29) is 5.92 Å². The molecule has 1 fully saturated rings. The Morgan fingerprint density at radius 2 is 1.63 bits per heavy atom. The average molecular weight is 270 g/mol. The Balaban J connectivity index is 2.69. The van der Waals surface area contributed by atoms with E-state index in [0.29, 0.717) is 17.9 Å². The van der Waals surface area contributed by atoms with Gasteiger partial charge in [0.25, 0.3) is 0 Å². The normalized spacial score (nSPS) is 28.3. The maximum absolute atomic E-state index is 11.9. The van der Waals surface area contributed by atoms with Crippen LogP contribution in [0.4, 0.5) is 0 Å². The van der Waals surface area contributed by atoms with Gasteiger partial charge in [0, 0.05) is 0 Å². The molecular formula is C16H30O3. The Kier molecular flexibility index (Phi) is 5.43. The van der Waals surface area contributed by atoms with Crippen molar-refractivity contribution in [2.45, 2.75) is 72.3 Å². The summed E-state index contributed by atoms with van der Waals surface area (Å²) < 4.78 is 5.01. The van der Waals surface area contributed by atoms with E-state index >= 15 is 0 Å². The minimum absolute atomic E-state index is 0.0268. The minimum Gasteiger partial charge on any atom is -0.464 e. The first-order valence-electron chi connectivity index (χ1n) is 7.59. The number of ether oxygens (including phenoxy) is 1. The molecule has 112 valence electrons. The van der Waals surface area contributed by atoms with E-state index in [9.17, 15) is 9.90 Å². The van der Waals surface area contributed by atoms with Gasteiger partial charge in [-0.15, -0.1) is 0 Å². The van der Waals surface area contributed by atoms with Gasteiger partial charge in [-0.3, -0.25) is 0 Å². The van der Waals surface area contributed by atoms with Crippen molar-refractivity contribution < 1.29 is 14.6 Å². The summed E-state index contributed by atoms with van der Waals surface area (Å²) >= 11 is 0. The first-order chi connectivity index (χ1) is 8.69. The summed E-state index contributed by atoms with van der Waals surface area (Å²) in [5.41, 5.74) is -1.02. The lowest BCUT2D eigenvalue weighted by atomic mass is 9.76. The summed E-state index contributed by atoms with van der Waals surface area (Å²) in [5, 5.41) is 10.5. The third-order valence-corrected chi connectivity index (χ3v) is 4.68. The zero-order valence-corrected chi connectivity index (χ0v) is 13.2. The maximum Gasteiger partial charge on any atom is 0.338 e. The fourth-order valence-electron chi connectivity index (χ4n) is 3.17. The summed E-state index contributed by atoms with van der Waals surface area (Å²) in [6.07, 6.45) is 5.19. The predicted octanol–water partition coefficient (Wildman–Crippen LogP) is 3.54. The van der Waals surface area contributed by atoms with Gasteiger partial charge in [-0.25, -0.2) is 4.79 Å². The second kappa shape index (κ2) is 6.25. The fraction of sp³-hybridized carbons (Fsp3) is 0.938. The lowest BCUT2D eigenvalue weighted by molar-refractivity contribution is -0.169. The number of carbonyl (C=O) groups excluding carboxylic acids is 1. The lowest BCUT2D eigenvalue weighted by Crippen LogP contribution is -2.44. The summed E-state index contributed by atoms with van der Waals surface area (Å²) in [5.74, 6) is 0.239. The second-order valence-corrected chi connectivity index (χ2v) is 7.14. The number of aliphatic hydroxyl groups is 1. The van der Waals surface area contributed by atoms with E-state index in [1.54, 1.807) is 13.8 Å². The van der Waals surface area contributed by atoms with Crippen LogP contribution in [-0.2, 0) is 9.53 Å². The monoisotopic (exact) mass is 270 g/mol. The standard InChI is InChI=1S/C16H30O3/c1-6-19-14(17)16(5,18)13-9-7-8-12(10-11-13)15(2,3)4/h12-13,18H,6-11H2,1-5H3. The third-order valence-electron chi connectivity index (χ3n) is 4.68. The van der Waals surface area contributed by atoms with Crippen molar-refractivity contribution in [3.05, 3.63) is 0 Å². The highest BCUT2D eigenvalue weighted by Gasteiger charge is 2.42. The molecule has 0 aromatic rings. The molecule has 1 aliphatic rings. The van der Waals surface area contributed by atoms with Crippen LogP contribution in [0.15, 0.2) is 0 Å². The zero-order chi connectivity index (χ0) is 14.7. The molecule has 1 N–H and O–H groups in total. The van der Waals surface area contributed by atoms with Gasteiger partial charge in [-0.1, -0.05) is 27.2 Å². The Hall–Kier alpha value is -0.570. The molecule has 0 aliphatic heterocycles. The molecule has 0 bridgehead atoms. The van der Waals surface area contributed by atoms with Crippen LogP contribution in [0.5, 0.6) is 0 Å². The Labute approximate surface area is 117 Å². The molecular weight excluding hydrogens is 240 g/mol. The van der Waals surface area contributed by atoms with Crippen LogP contribution in [0, 0.1) is 17.3 Å². The largest absolute Gasteiger partial charge is 0.464 e. The van der Waals surface area contributed by atoms with Crippen molar-refractivity contribution in [1.29, 1.82) is 0 Å². The van der Waals surface area contributed by atoms with E-state index in [1.807, 2.05) is 0 Å². The van der Waals surface area contributed by atoms with E-state index < -0.39 is 11.6 Å². The predicted molar refractivity (Wildman–Crippen MR) is 76.8 cm³/mol. The van der Waals surface area contributed by atoms with Crippen LogP contribution in [0.2, 0.25) is 0 Å². The molecule has 0 aromatic carbocycles. The first-order valence-corrected chi connectivity index (χ1v) is 7.59. The molecule has 3 nitrogen and oxygen atoms in total. The molecule has 0 radical (unpaired) electrons. The number of hydrogen-bond donors (Lipinski definition) is 1. The molecule has 1 aliphatic carbocycles. The van der Waals surface area contributed by atoms with Gasteiger partial charge >= 0.3 is 5.97 Å². The molecule has 3 atom stereocenters. The van der Waals surface area contributed by atoms with E-state index in [2.05, 4.69) is 20.8 Å². The van der Waals surface area contributed by atoms with Gasteiger partial charge in [-0.2, -0.15) is 0 Å². The SMILES string of the molecule is CCOC(=O)C(C)(O)C1CCCC(C(C)(C)C)CC1. The number of esters is 1. The highest BCUT2D eigenvalue weighted by atomic mass is 16.5. The fourth-order valence-corrected chi connectivity index (χ4v) is 3.17. The molecule has 0 aromatic heterocycles. The Morgan fingerprint density at radius 3 is 2.16 bits per heavy atom. The van der Waals surface area contributed by atoms with Gasteiger partial charge in [0.05, 0.1) is 6.61 Å². The number of hydrogen-bond acceptors (Lipinski definition) is 3. The van der Waals surface area contributed by atoms with Crippen molar-refractivity contribution in [3.63, 3.8) is 0 Å². The van der Waals surface area contributed by atoms with Gasteiger partial charge in [-0.05, 0) is 56.8 Å². The molecule has 19 heavy (non-hydrogen) atoms. The quantitative estimate of drug-likeness (QED) is 0.630. The van der Waals surface area contributed by atoms with Crippen LogP contribution in [0.25, 0.3) is 0 Å². The summed E-state index contributed by atoms with van der Waals surface area (Å²) in [6.45, 7) is 10.6. The van der Waals surface area contributed by atoms with Crippen LogP contribution < -0.4 is 0 Å². The third kappa shape index (κ3) is 4.20. The molecule has 3 unspecified atom stereocenters. The van der Waals surface area contributed by atoms with E-state index in [0.717, 1.165) is 25.7 Å². The van der Waals surface area contributed by atoms with Gasteiger partial charge in [0.2, 0.25) is 0 Å². The van der Waals surface area contributed by atoms with Crippen LogP contribution in [-0.4, -0.2) is 23.3 Å². The summed E-state index contributed by atoms with van der Waals surface area (Å²) in [4.78, 5) is 11.9. The Bertz CT molecular complexity index is 302. The summed E-state index contributed by atoms with van der Waals surface area (Å²) in [7, 11) is 0. The van der Waals surface area contributed by atoms with Crippen molar-refractivity contribution in [2.24, 2.45) is 17.3 Å². The summed E-state index contributed by atoms with van der Waals surface area (Å²) in [6, 6.07) is 0. The van der Waals surface area contributed by atoms with Gasteiger partial charge in [0.15, 0.2) is 5.60 Å². The molecule has 1 rings (SSSR count). The highest BCUT2D eigenvalue weighted by Crippen LogP contribution is 2.41. The van der Waals surface area contributed by atoms with Crippen molar-refractivity contribution in [2.75, 3.05) is 6.61 Å². The smallest absolute Gasteiger partial charge is 0.338 e. The minimum atomic E-state index is -1.33. The molecule has 0 amide bonds. The first kappa shape index (κ1) is 16.5. The molecule has 1 saturated carbocycles. The topological polar surface area (TPSA) is 46.5 Å². The van der Waals surface area contributed by atoms with Crippen LogP contribution in [0.3, 0.4) is 0 Å². The van der Waals surface area contributed by atoms with Crippen LogP contribution in [0.1, 0.15) is 66.7 Å². The number of carbonyl (C=O) groups is 1. The molecule has 3 heteroatoms. The highest BCUT2D eigenvalue weighted by molar-refractivity contribution is 5.79. The van der Waals surface area contributed by atoms with E-state index in [4.69, 9.17) is 4.74 Å². The molecule has 0 spiro atoms.